The van der Waals surface area contributed by atoms with Crippen molar-refractivity contribution in [2.75, 3.05) is 19.8 Å². The minimum Gasteiger partial charge on any atom is -0.481 e. The molecule has 0 aliphatic heterocycles. The number of carbonyl (C=O) groups is 2. The van der Waals surface area contributed by atoms with Crippen molar-refractivity contribution < 1.29 is 23.1 Å². The van der Waals surface area contributed by atoms with Crippen molar-refractivity contribution in [3.05, 3.63) is 29.8 Å². The molecule has 0 aliphatic rings. The second kappa shape index (κ2) is 5.83. The number of aliphatic carboxylic acids is 1. The molecule has 6 nitrogen and oxygen atoms in total. The first kappa shape index (κ1) is 15.2. The summed E-state index contributed by atoms with van der Waals surface area (Å²) in [6, 6.07) is 5.53. The van der Waals surface area contributed by atoms with Crippen LogP contribution in [0.1, 0.15) is 16.8 Å². The maximum atomic E-state index is 11.9. The van der Waals surface area contributed by atoms with E-state index in [4.69, 9.17) is 5.11 Å². The highest BCUT2D eigenvalue weighted by Crippen LogP contribution is 2.11. The molecular formula is C12H15NO5S. The van der Waals surface area contributed by atoms with Crippen LogP contribution in [0.15, 0.2) is 29.2 Å². The van der Waals surface area contributed by atoms with Crippen molar-refractivity contribution in [1.29, 1.82) is 0 Å². The van der Waals surface area contributed by atoms with Gasteiger partial charge in [-0.1, -0.05) is 0 Å². The number of rotatable bonds is 5. The van der Waals surface area contributed by atoms with Gasteiger partial charge in [-0.3, -0.25) is 9.59 Å². The normalized spacial score (nSPS) is 11.1. The molecule has 1 aromatic carbocycles. The summed E-state index contributed by atoms with van der Waals surface area (Å²) in [5.41, 5.74) is 0.320. The summed E-state index contributed by atoms with van der Waals surface area (Å²) in [7, 11) is -1.79. The monoisotopic (exact) mass is 285 g/mol. The second-order valence-corrected chi connectivity index (χ2v) is 6.18. The Morgan fingerprint density at radius 2 is 1.74 bits per heavy atom. The molecule has 0 saturated carbocycles. The van der Waals surface area contributed by atoms with Gasteiger partial charge < -0.3 is 10.0 Å². The summed E-state index contributed by atoms with van der Waals surface area (Å²) >= 11 is 0. The number of carbonyl (C=O) groups excluding carboxylic acids is 1. The third kappa shape index (κ3) is 4.36. The highest BCUT2D eigenvalue weighted by Gasteiger charge is 2.14. The quantitative estimate of drug-likeness (QED) is 0.857. The second-order valence-electron chi connectivity index (χ2n) is 4.17. The molecule has 0 atom stereocenters. The molecule has 0 heterocycles. The van der Waals surface area contributed by atoms with Crippen LogP contribution in [0.2, 0.25) is 0 Å². The Kier molecular flexibility index (Phi) is 4.66. The van der Waals surface area contributed by atoms with E-state index in [0.717, 1.165) is 6.26 Å². The first-order valence-electron chi connectivity index (χ1n) is 5.49. The molecule has 0 bridgehead atoms. The number of hydrogen-bond acceptors (Lipinski definition) is 4. The maximum Gasteiger partial charge on any atom is 0.305 e. The van der Waals surface area contributed by atoms with E-state index in [1.165, 1.54) is 36.2 Å². The van der Waals surface area contributed by atoms with Crippen LogP contribution in [0.4, 0.5) is 0 Å². The highest BCUT2D eigenvalue weighted by atomic mass is 32.2. The number of nitrogens with zero attached hydrogens (tertiary/aromatic N) is 1. The molecule has 0 saturated heterocycles. The minimum atomic E-state index is -3.29. The van der Waals surface area contributed by atoms with E-state index in [9.17, 15) is 18.0 Å². The van der Waals surface area contributed by atoms with Gasteiger partial charge in [0.05, 0.1) is 11.3 Å². The van der Waals surface area contributed by atoms with Gasteiger partial charge in [0.2, 0.25) is 0 Å². The molecule has 0 radical (unpaired) electrons. The summed E-state index contributed by atoms with van der Waals surface area (Å²) in [5, 5.41) is 8.54. The Labute approximate surface area is 111 Å². The van der Waals surface area contributed by atoms with Gasteiger partial charge in [0, 0.05) is 25.4 Å². The van der Waals surface area contributed by atoms with Crippen molar-refractivity contribution in [3.63, 3.8) is 0 Å². The van der Waals surface area contributed by atoms with Gasteiger partial charge in [0.1, 0.15) is 0 Å². The Balaban J connectivity index is 2.81. The standard InChI is InChI=1S/C12H15NO5S/c1-13(8-7-11(14)15)12(16)9-3-5-10(6-4-9)19(2,17)18/h3-6H,7-8H2,1-2H3,(H,14,15). The lowest BCUT2D eigenvalue weighted by molar-refractivity contribution is -0.137. The largest absolute Gasteiger partial charge is 0.481 e. The third-order valence-electron chi connectivity index (χ3n) is 2.54. The lowest BCUT2D eigenvalue weighted by atomic mass is 10.2. The molecule has 0 fully saturated rings. The average Bonchev–Trinajstić information content (AvgIpc) is 2.34. The smallest absolute Gasteiger partial charge is 0.305 e. The van der Waals surface area contributed by atoms with Crippen LogP contribution in [0, 0.1) is 0 Å². The SMILES string of the molecule is CN(CCC(=O)O)C(=O)c1ccc(S(C)(=O)=O)cc1. The number of benzene rings is 1. The van der Waals surface area contributed by atoms with Crippen LogP contribution in [0.25, 0.3) is 0 Å². The van der Waals surface area contributed by atoms with E-state index < -0.39 is 15.8 Å². The van der Waals surface area contributed by atoms with Gasteiger partial charge in [-0.25, -0.2) is 8.42 Å². The van der Waals surface area contributed by atoms with Crippen molar-refractivity contribution in [2.24, 2.45) is 0 Å². The molecule has 1 rings (SSSR count). The van der Waals surface area contributed by atoms with Gasteiger partial charge in [-0.2, -0.15) is 0 Å². The zero-order chi connectivity index (χ0) is 14.6. The zero-order valence-corrected chi connectivity index (χ0v) is 11.5. The molecule has 0 spiro atoms. The van der Waals surface area contributed by atoms with Crippen LogP contribution in [-0.2, 0) is 14.6 Å². The molecule has 0 unspecified atom stereocenters. The van der Waals surface area contributed by atoms with E-state index in [1.54, 1.807) is 0 Å². The Bertz CT molecular complexity index is 577. The lowest BCUT2D eigenvalue weighted by Crippen LogP contribution is -2.29. The van der Waals surface area contributed by atoms with E-state index >= 15 is 0 Å². The first-order valence-corrected chi connectivity index (χ1v) is 7.38. The van der Waals surface area contributed by atoms with Crippen molar-refractivity contribution in [2.45, 2.75) is 11.3 Å². The molecule has 1 aromatic rings. The van der Waals surface area contributed by atoms with Crippen LogP contribution in [0.5, 0.6) is 0 Å². The molecule has 104 valence electrons. The number of amides is 1. The fourth-order valence-corrected chi connectivity index (χ4v) is 2.06. The number of carboxylic acid groups (broad SMARTS) is 1. The van der Waals surface area contributed by atoms with Gasteiger partial charge in [-0.05, 0) is 24.3 Å². The summed E-state index contributed by atoms with van der Waals surface area (Å²) in [5.74, 6) is -1.33. The predicted molar refractivity (Wildman–Crippen MR) is 68.8 cm³/mol. The first-order chi connectivity index (χ1) is 8.71. The molecular weight excluding hydrogens is 270 g/mol. The van der Waals surface area contributed by atoms with E-state index in [-0.39, 0.29) is 23.8 Å². The summed E-state index contributed by atoms with van der Waals surface area (Å²) in [6.45, 7) is 0.0992. The van der Waals surface area contributed by atoms with Crippen molar-refractivity contribution in [3.8, 4) is 0 Å². The molecule has 0 aromatic heterocycles. The number of carboxylic acids is 1. The number of sulfone groups is 1. The van der Waals surface area contributed by atoms with Gasteiger partial charge in [0.25, 0.3) is 5.91 Å². The van der Waals surface area contributed by atoms with Crippen LogP contribution >= 0.6 is 0 Å². The fourth-order valence-electron chi connectivity index (χ4n) is 1.43. The molecule has 19 heavy (non-hydrogen) atoms. The molecule has 0 aliphatic carbocycles. The van der Waals surface area contributed by atoms with E-state index in [1.807, 2.05) is 0 Å². The van der Waals surface area contributed by atoms with Crippen LogP contribution < -0.4 is 0 Å². The topological polar surface area (TPSA) is 91.8 Å². The summed E-state index contributed by atoms with van der Waals surface area (Å²) < 4.78 is 22.5. The van der Waals surface area contributed by atoms with E-state index in [0.29, 0.717) is 5.56 Å². The molecule has 1 N–H and O–H groups in total. The van der Waals surface area contributed by atoms with Gasteiger partial charge >= 0.3 is 5.97 Å². The highest BCUT2D eigenvalue weighted by molar-refractivity contribution is 7.90. The van der Waals surface area contributed by atoms with Crippen molar-refractivity contribution in [1.82, 2.24) is 4.90 Å². The van der Waals surface area contributed by atoms with Gasteiger partial charge in [-0.15, -0.1) is 0 Å². The maximum absolute atomic E-state index is 11.9. The van der Waals surface area contributed by atoms with E-state index in [2.05, 4.69) is 0 Å². The molecule has 7 heteroatoms. The van der Waals surface area contributed by atoms with Gasteiger partial charge in [0.15, 0.2) is 9.84 Å². The zero-order valence-electron chi connectivity index (χ0n) is 10.7. The Hall–Kier alpha value is -1.89. The minimum absolute atomic E-state index is 0.0992. The Morgan fingerprint density at radius 1 is 1.21 bits per heavy atom. The fraction of sp³-hybridized carbons (Fsp3) is 0.333. The summed E-state index contributed by atoms with van der Waals surface area (Å²) in [4.78, 5) is 23.7. The molecule has 1 amide bonds. The third-order valence-corrected chi connectivity index (χ3v) is 3.67. The lowest BCUT2D eigenvalue weighted by Gasteiger charge is -2.16. The van der Waals surface area contributed by atoms with Crippen LogP contribution in [0.3, 0.4) is 0 Å². The summed E-state index contributed by atoms with van der Waals surface area (Å²) in [6.07, 6.45) is 0.951. The number of hydrogen-bond donors (Lipinski definition) is 1. The predicted octanol–water partition coefficient (Wildman–Crippen LogP) is 0.637. The Morgan fingerprint density at radius 3 is 2.16 bits per heavy atom. The van der Waals surface area contributed by atoms with Crippen molar-refractivity contribution >= 4 is 21.7 Å². The average molecular weight is 285 g/mol. The van der Waals surface area contributed by atoms with Crippen LogP contribution in [-0.4, -0.2) is 50.1 Å².